The van der Waals surface area contributed by atoms with Crippen LogP contribution in [-0.2, 0) is 0 Å². The third-order valence-corrected chi connectivity index (χ3v) is 5.85. The van der Waals surface area contributed by atoms with E-state index in [9.17, 15) is 9.59 Å². The van der Waals surface area contributed by atoms with E-state index in [1.807, 2.05) is 66.7 Å². The van der Waals surface area contributed by atoms with Crippen molar-refractivity contribution in [1.82, 2.24) is 9.36 Å². The van der Waals surface area contributed by atoms with Crippen molar-refractivity contribution in [3.8, 4) is 22.5 Å². The molecule has 0 saturated carbocycles. The minimum absolute atomic E-state index is 0.219. The van der Waals surface area contributed by atoms with Gasteiger partial charge < -0.3 is 10.2 Å². The Morgan fingerprint density at radius 2 is 1.75 bits per heavy atom. The first-order chi connectivity index (χ1) is 15.6. The van der Waals surface area contributed by atoms with Crippen LogP contribution in [0.2, 0.25) is 0 Å². The SMILES string of the molecule is CCN(CC)c1cccc(C(=O)Nc2cc(-c3ccccc3)ccc2-c2nsc(=O)[nH]2)c1. The standard InChI is InChI=1S/C25H24N4O2S/c1-3-29(4-2)20-12-8-11-19(15-20)24(30)26-22-16-18(17-9-6-5-7-10-17)13-14-21(22)23-27-25(31)32-28-23/h5-16H,3-4H2,1-2H3,(H,26,30)(H,27,28,31). The van der Waals surface area contributed by atoms with Gasteiger partial charge in [-0.15, -0.1) is 0 Å². The van der Waals surface area contributed by atoms with Crippen LogP contribution >= 0.6 is 11.5 Å². The molecule has 0 unspecified atom stereocenters. The minimum Gasteiger partial charge on any atom is -0.372 e. The molecule has 162 valence electrons. The number of hydrogen-bond donors (Lipinski definition) is 2. The summed E-state index contributed by atoms with van der Waals surface area (Å²) in [5.41, 5.74) is 4.81. The fourth-order valence-electron chi connectivity index (χ4n) is 3.64. The molecule has 2 N–H and O–H groups in total. The van der Waals surface area contributed by atoms with Crippen molar-refractivity contribution in [3.05, 3.63) is 88.0 Å². The van der Waals surface area contributed by atoms with Crippen LogP contribution in [0.15, 0.2) is 77.6 Å². The summed E-state index contributed by atoms with van der Waals surface area (Å²) in [4.78, 5) is 29.5. The van der Waals surface area contributed by atoms with Gasteiger partial charge in [0.15, 0.2) is 5.82 Å². The first kappa shape index (κ1) is 21.5. The van der Waals surface area contributed by atoms with Crippen molar-refractivity contribution < 1.29 is 4.79 Å². The van der Waals surface area contributed by atoms with Gasteiger partial charge in [-0.1, -0.05) is 42.5 Å². The highest BCUT2D eigenvalue weighted by molar-refractivity contribution is 7.03. The van der Waals surface area contributed by atoms with Gasteiger partial charge >= 0.3 is 4.87 Å². The van der Waals surface area contributed by atoms with E-state index in [1.165, 1.54) is 0 Å². The van der Waals surface area contributed by atoms with E-state index in [4.69, 9.17) is 0 Å². The van der Waals surface area contributed by atoms with Crippen LogP contribution < -0.4 is 15.1 Å². The molecule has 4 aromatic rings. The van der Waals surface area contributed by atoms with Crippen LogP contribution in [0.3, 0.4) is 0 Å². The second-order valence-electron chi connectivity index (χ2n) is 7.25. The number of benzene rings is 3. The zero-order chi connectivity index (χ0) is 22.5. The maximum Gasteiger partial charge on any atom is 0.323 e. The molecule has 0 radical (unpaired) electrons. The lowest BCUT2D eigenvalue weighted by Crippen LogP contribution is -2.22. The molecule has 4 rings (SSSR count). The van der Waals surface area contributed by atoms with Crippen LogP contribution in [0, 0.1) is 0 Å². The number of rotatable bonds is 7. The average molecular weight is 445 g/mol. The molecule has 0 aliphatic carbocycles. The molecule has 0 bridgehead atoms. The molecule has 1 amide bonds. The van der Waals surface area contributed by atoms with Crippen LogP contribution in [0.4, 0.5) is 11.4 Å². The number of carbonyl (C=O) groups is 1. The van der Waals surface area contributed by atoms with E-state index in [2.05, 4.69) is 33.4 Å². The molecule has 0 aliphatic heterocycles. The third kappa shape index (κ3) is 4.63. The summed E-state index contributed by atoms with van der Waals surface area (Å²) in [6.45, 7) is 5.91. The maximum absolute atomic E-state index is 13.2. The van der Waals surface area contributed by atoms with Gasteiger partial charge in [-0.05, 0) is 55.3 Å². The number of amides is 1. The van der Waals surface area contributed by atoms with Crippen LogP contribution in [0.25, 0.3) is 22.5 Å². The summed E-state index contributed by atoms with van der Waals surface area (Å²) in [6, 6.07) is 23.3. The average Bonchev–Trinajstić information content (AvgIpc) is 3.26. The van der Waals surface area contributed by atoms with Crippen LogP contribution in [-0.4, -0.2) is 28.4 Å². The maximum atomic E-state index is 13.2. The highest BCUT2D eigenvalue weighted by Crippen LogP contribution is 2.31. The molecule has 0 aliphatic rings. The molecule has 0 atom stereocenters. The Kier molecular flexibility index (Phi) is 6.47. The molecule has 7 heteroatoms. The summed E-state index contributed by atoms with van der Waals surface area (Å²) in [5.74, 6) is 0.217. The largest absolute Gasteiger partial charge is 0.372 e. The molecule has 3 aromatic carbocycles. The van der Waals surface area contributed by atoms with E-state index >= 15 is 0 Å². The van der Waals surface area contributed by atoms with E-state index < -0.39 is 0 Å². The monoisotopic (exact) mass is 444 g/mol. The number of nitrogens with one attached hydrogen (secondary N) is 2. The number of hydrogen-bond acceptors (Lipinski definition) is 5. The van der Waals surface area contributed by atoms with Crippen LogP contribution in [0.5, 0.6) is 0 Å². The summed E-state index contributed by atoms with van der Waals surface area (Å²) in [5, 5.41) is 3.03. The van der Waals surface area contributed by atoms with Gasteiger partial charge in [0.2, 0.25) is 0 Å². The molecule has 1 aromatic heterocycles. The molecular formula is C25H24N4O2S. The molecule has 32 heavy (non-hydrogen) atoms. The zero-order valence-electron chi connectivity index (χ0n) is 18.0. The van der Waals surface area contributed by atoms with Crippen molar-refractivity contribution >= 4 is 28.8 Å². The van der Waals surface area contributed by atoms with Gasteiger partial charge in [-0.25, -0.2) is 0 Å². The smallest absolute Gasteiger partial charge is 0.323 e. The number of carbonyl (C=O) groups excluding carboxylic acids is 1. The van der Waals surface area contributed by atoms with Crippen molar-refractivity contribution in [2.24, 2.45) is 0 Å². The number of nitrogens with zero attached hydrogens (tertiary/aromatic N) is 2. The van der Waals surface area contributed by atoms with Gasteiger partial charge in [0.1, 0.15) is 0 Å². The zero-order valence-corrected chi connectivity index (χ0v) is 18.8. The van der Waals surface area contributed by atoms with Gasteiger partial charge in [-0.2, -0.15) is 4.37 Å². The lowest BCUT2D eigenvalue weighted by molar-refractivity contribution is 0.102. The molecule has 6 nitrogen and oxygen atoms in total. The van der Waals surface area contributed by atoms with Crippen molar-refractivity contribution in [3.63, 3.8) is 0 Å². The van der Waals surface area contributed by atoms with Gasteiger partial charge in [0.05, 0.1) is 5.69 Å². The van der Waals surface area contributed by atoms with Crippen LogP contribution in [0.1, 0.15) is 24.2 Å². The fraction of sp³-hybridized carbons (Fsp3) is 0.160. The summed E-state index contributed by atoms with van der Waals surface area (Å²) in [7, 11) is 0. The second kappa shape index (κ2) is 9.62. The van der Waals surface area contributed by atoms with E-state index in [-0.39, 0.29) is 10.8 Å². The predicted molar refractivity (Wildman–Crippen MR) is 132 cm³/mol. The summed E-state index contributed by atoms with van der Waals surface area (Å²) >= 11 is 0.855. The predicted octanol–water partition coefficient (Wildman–Crippen LogP) is 5.26. The Bertz CT molecular complexity index is 1280. The van der Waals surface area contributed by atoms with Gasteiger partial charge in [0.25, 0.3) is 5.91 Å². The third-order valence-electron chi connectivity index (χ3n) is 5.31. The van der Waals surface area contributed by atoms with Gasteiger partial charge in [0, 0.05) is 41.4 Å². The fourth-order valence-corrected chi connectivity index (χ4v) is 4.10. The number of aromatic amines is 1. The lowest BCUT2D eigenvalue weighted by atomic mass is 10.0. The van der Waals surface area contributed by atoms with E-state index in [1.54, 1.807) is 6.07 Å². The molecule has 0 spiro atoms. The first-order valence-electron chi connectivity index (χ1n) is 10.5. The number of anilines is 2. The lowest BCUT2D eigenvalue weighted by Gasteiger charge is -2.21. The van der Waals surface area contributed by atoms with Crippen molar-refractivity contribution in [1.29, 1.82) is 0 Å². The Hall–Kier alpha value is -3.71. The Morgan fingerprint density at radius 1 is 0.969 bits per heavy atom. The quantitative estimate of drug-likeness (QED) is 0.407. The molecular weight excluding hydrogens is 420 g/mol. The Balaban J connectivity index is 1.72. The molecule has 0 fully saturated rings. The molecule has 0 saturated heterocycles. The van der Waals surface area contributed by atoms with Crippen molar-refractivity contribution in [2.45, 2.75) is 13.8 Å². The highest BCUT2D eigenvalue weighted by Gasteiger charge is 2.15. The van der Waals surface area contributed by atoms with Crippen molar-refractivity contribution in [2.75, 3.05) is 23.3 Å². The highest BCUT2D eigenvalue weighted by atomic mass is 32.1. The summed E-state index contributed by atoms with van der Waals surface area (Å²) < 4.78 is 4.20. The van der Waals surface area contributed by atoms with Gasteiger partial charge in [-0.3, -0.25) is 14.6 Å². The topological polar surface area (TPSA) is 78.1 Å². The number of aromatic nitrogens is 2. The Labute approximate surface area is 190 Å². The Morgan fingerprint density at radius 3 is 2.44 bits per heavy atom. The van der Waals surface area contributed by atoms with E-state index in [0.29, 0.717) is 22.6 Å². The normalized spacial score (nSPS) is 10.7. The second-order valence-corrected chi connectivity index (χ2v) is 7.98. The first-order valence-corrected chi connectivity index (χ1v) is 11.3. The molecule has 1 heterocycles. The summed E-state index contributed by atoms with van der Waals surface area (Å²) in [6.07, 6.45) is 0. The van der Waals surface area contributed by atoms with E-state index in [0.717, 1.165) is 41.4 Å². The number of H-pyrrole nitrogens is 1. The minimum atomic E-state index is -0.240.